The average molecular weight is 239 g/mol. The molecule has 0 heterocycles. The summed E-state index contributed by atoms with van der Waals surface area (Å²) in [5, 5.41) is 3.01. The molecule has 1 aromatic carbocycles. The molecule has 1 rings (SSSR count). The molecule has 0 aliphatic carbocycles. The van der Waals surface area contributed by atoms with Crippen LogP contribution in [0.2, 0.25) is 0 Å². The van der Waals surface area contributed by atoms with Gasteiger partial charge in [0.25, 0.3) is 0 Å². The monoisotopic (exact) mass is 239 g/mol. The zero-order valence-corrected chi connectivity index (χ0v) is 12.0. The Labute approximate surface area is 105 Å². The van der Waals surface area contributed by atoms with Crippen molar-refractivity contribution in [3.05, 3.63) is 23.8 Å². The van der Waals surface area contributed by atoms with Crippen LogP contribution in [0.15, 0.2) is 18.2 Å². The molecule has 1 N–H and O–H groups in total. The lowest BCUT2D eigenvalue weighted by Crippen LogP contribution is -2.02. The number of carbonyl (C=O) groups is 1. The summed E-state index contributed by atoms with van der Waals surface area (Å²) in [5.41, 5.74) is 1.95. The summed E-state index contributed by atoms with van der Waals surface area (Å²) in [6.45, 7) is 11.3. The topological polar surface area (TPSA) is 38.3 Å². The second kappa shape index (κ2) is 11.0. The number of rotatable bonds is 2. The number of nitrogens with one attached hydrogen (secondary N) is 1. The molecule has 1 aromatic rings. The van der Waals surface area contributed by atoms with Crippen LogP contribution in [0.4, 0.5) is 5.69 Å². The fourth-order valence-electron chi connectivity index (χ4n) is 1.07. The van der Waals surface area contributed by atoms with Crippen molar-refractivity contribution in [2.75, 3.05) is 12.4 Å². The summed E-state index contributed by atoms with van der Waals surface area (Å²) in [4.78, 5) is 10.7. The van der Waals surface area contributed by atoms with E-state index in [9.17, 15) is 4.79 Å². The number of hydrogen-bond acceptors (Lipinski definition) is 3. The second-order valence-corrected chi connectivity index (χ2v) is 2.82. The molecule has 0 radical (unpaired) electrons. The van der Waals surface area contributed by atoms with Gasteiger partial charge in [-0.2, -0.15) is 0 Å². The summed E-state index contributed by atoms with van der Waals surface area (Å²) < 4.78 is 4.98. The zero-order valence-electron chi connectivity index (χ0n) is 12.0. The second-order valence-electron chi connectivity index (χ2n) is 2.82. The van der Waals surface area contributed by atoms with Crippen molar-refractivity contribution >= 4 is 11.7 Å². The minimum Gasteiger partial charge on any atom is -0.426 e. The van der Waals surface area contributed by atoms with E-state index in [2.05, 4.69) is 5.32 Å². The van der Waals surface area contributed by atoms with Gasteiger partial charge in [-0.1, -0.05) is 27.7 Å². The summed E-state index contributed by atoms with van der Waals surface area (Å²) in [5.74, 6) is 0.326. The van der Waals surface area contributed by atoms with Crippen molar-refractivity contribution in [3.63, 3.8) is 0 Å². The summed E-state index contributed by atoms with van der Waals surface area (Å²) in [7, 11) is 1.85. The molecule has 0 fully saturated rings. The third-order valence-electron chi connectivity index (χ3n) is 1.72. The van der Waals surface area contributed by atoms with Gasteiger partial charge in [-0.3, -0.25) is 4.79 Å². The lowest BCUT2D eigenvalue weighted by atomic mass is 10.2. The van der Waals surface area contributed by atoms with Crippen LogP contribution in [0, 0.1) is 6.92 Å². The molecule has 0 amide bonds. The fourth-order valence-corrected chi connectivity index (χ4v) is 1.07. The molecular weight excluding hydrogens is 214 g/mol. The van der Waals surface area contributed by atoms with E-state index in [0.717, 1.165) is 11.3 Å². The normalized spacial score (nSPS) is 7.94. The van der Waals surface area contributed by atoms with Gasteiger partial charge < -0.3 is 10.1 Å². The van der Waals surface area contributed by atoms with Crippen LogP contribution in [0.3, 0.4) is 0 Å². The summed E-state index contributed by atoms with van der Waals surface area (Å²) in [6.07, 6.45) is 0. The van der Waals surface area contributed by atoms with Crippen LogP contribution in [-0.4, -0.2) is 13.0 Å². The van der Waals surface area contributed by atoms with Crippen molar-refractivity contribution in [2.45, 2.75) is 41.5 Å². The van der Waals surface area contributed by atoms with Gasteiger partial charge in [-0.05, 0) is 30.7 Å². The van der Waals surface area contributed by atoms with Gasteiger partial charge in [0.05, 0.1) is 0 Å². The third kappa shape index (κ3) is 7.39. The lowest BCUT2D eigenvalue weighted by molar-refractivity contribution is -0.131. The number of carbonyl (C=O) groups excluding carboxylic acids is 1. The molecule has 0 spiro atoms. The Hall–Kier alpha value is -1.51. The highest BCUT2D eigenvalue weighted by Crippen LogP contribution is 2.21. The average Bonchev–Trinajstić information content (AvgIpc) is 2.36. The maximum Gasteiger partial charge on any atom is 0.308 e. The maximum absolute atomic E-state index is 10.7. The smallest absolute Gasteiger partial charge is 0.308 e. The van der Waals surface area contributed by atoms with E-state index in [1.54, 1.807) is 6.07 Å². The summed E-state index contributed by atoms with van der Waals surface area (Å²) >= 11 is 0. The van der Waals surface area contributed by atoms with Crippen LogP contribution < -0.4 is 10.1 Å². The van der Waals surface area contributed by atoms with Gasteiger partial charge >= 0.3 is 5.97 Å². The summed E-state index contributed by atoms with van der Waals surface area (Å²) in [6, 6.07) is 5.58. The van der Waals surface area contributed by atoms with Gasteiger partial charge in [0.15, 0.2) is 0 Å². The first-order chi connectivity index (χ1) is 8.13. The molecule has 17 heavy (non-hydrogen) atoms. The molecule has 0 aromatic heterocycles. The van der Waals surface area contributed by atoms with Gasteiger partial charge in [-0.15, -0.1) is 0 Å². The molecule has 0 bridgehead atoms. The standard InChI is InChI=1S/C10H13NO2.2C2H6/c1-7-6-9(11-3)4-5-10(7)13-8(2)12;2*1-2/h4-6,11H,1-3H3;2*1-2H3. The Bertz CT molecular complexity index is 322. The molecule has 3 nitrogen and oxygen atoms in total. The Kier molecular flexibility index (Phi) is 11.6. The predicted molar refractivity (Wildman–Crippen MR) is 74.7 cm³/mol. The van der Waals surface area contributed by atoms with Gasteiger partial charge in [0.1, 0.15) is 5.75 Å². The number of hydrogen-bond donors (Lipinski definition) is 1. The van der Waals surface area contributed by atoms with E-state index in [-0.39, 0.29) is 5.97 Å². The Morgan fingerprint density at radius 1 is 1.18 bits per heavy atom. The number of esters is 1. The zero-order chi connectivity index (χ0) is 13.8. The van der Waals surface area contributed by atoms with E-state index < -0.39 is 0 Å². The first-order valence-electron chi connectivity index (χ1n) is 6.10. The highest BCUT2D eigenvalue weighted by molar-refractivity contribution is 5.70. The van der Waals surface area contributed by atoms with Gasteiger partial charge in [0, 0.05) is 19.7 Å². The van der Waals surface area contributed by atoms with E-state index in [4.69, 9.17) is 4.74 Å². The van der Waals surface area contributed by atoms with Crippen LogP contribution in [0.1, 0.15) is 40.2 Å². The molecule has 0 unspecified atom stereocenters. The van der Waals surface area contributed by atoms with Crippen LogP contribution >= 0.6 is 0 Å². The molecule has 3 heteroatoms. The van der Waals surface area contributed by atoms with E-state index in [1.807, 2.05) is 53.8 Å². The predicted octanol–water partition coefficient (Wildman–Crippen LogP) is 4.01. The SMILES string of the molecule is CC.CC.CNc1ccc(OC(C)=O)c(C)c1. The van der Waals surface area contributed by atoms with Gasteiger partial charge in [-0.25, -0.2) is 0 Å². The van der Waals surface area contributed by atoms with Crippen LogP contribution in [0.25, 0.3) is 0 Å². The molecule has 0 saturated heterocycles. The van der Waals surface area contributed by atoms with Crippen molar-refractivity contribution in [1.82, 2.24) is 0 Å². The van der Waals surface area contributed by atoms with E-state index in [1.165, 1.54) is 6.92 Å². The minimum atomic E-state index is -0.291. The van der Waals surface area contributed by atoms with Gasteiger partial charge in [0.2, 0.25) is 0 Å². The number of anilines is 1. The largest absolute Gasteiger partial charge is 0.426 e. The quantitative estimate of drug-likeness (QED) is 0.626. The third-order valence-corrected chi connectivity index (χ3v) is 1.72. The first-order valence-corrected chi connectivity index (χ1v) is 6.10. The Morgan fingerprint density at radius 2 is 1.71 bits per heavy atom. The number of aryl methyl sites for hydroxylation is 1. The number of benzene rings is 1. The number of ether oxygens (including phenoxy) is 1. The molecule has 0 aliphatic heterocycles. The highest BCUT2D eigenvalue weighted by atomic mass is 16.5. The van der Waals surface area contributed by atoms with Crippen molar-refractivity contribution in [2.24, 2.45) is 0 Å². The van der Waals surface area contributed by atoms with Crippen LogP contribution in [-0.2, 0) is 4.79 Å². The van der Waals surface area contributed by atoms with Crippen molar-refractivity contribution in [1.29, 1.82) is 0 Å². The molecular formula is C14H25NO2. The van der Waals surface area contributed by atoms with Crippen molar-refractivity contribution in [3.8, 4) is 5.75 Å². The van der Waals surface area contributed by atoms with Crippen LogP contribution in [0.5, 0.6) is 5.75 Å². The molecule has 98 valence electrons. The fraction of sp³-hybridized carbons (Fsp3) is 0.500. The Balaban J connectivity index is 0. The molecule has 0 aliphatic rings. The molecule has 0 atom stereocenters. The maximum atomic E-state index is 10.7. The van der Waals surface area contributed by atoms with E-state index in [0.29, 0.717) is 5.75 Å². The first kappa shape index (κ1) is 17.9. The minimum absolute atomic E-state index is 0.291. The Morgan fingerprint density at radius 3 is 2.06 bits per heavy atom. The highest BCUT2D eigenvalue weighted by Gasteiger charge is 2.02. The molecule has 0 saturated carbocycles. The lowest BCUT2D eigenvalue weighted by Gasteiger charge is -2.07. The van der Waals surface area contributed by atoms with Crippen molar-refractivity contribution < 1.29 is 9.53 Å². The van der Waals surface area contributed by atoms with E-state index >= 15 is 0 Å².